The number of halogens is 2. The van der Waals surface area contributed by atoms with Crippen molar-refractivity contribution in [2.45, 2.75) is 10.8 Å². The van der Waals surface area contributed by atoms with Crippen molar-refractivity contribution in [1.82, 2.24) is 10.2 Å². The van der Waals surface area contributed by atoms with Crippen molar-refractivity contribution in [2.24, 2.45) is 22.0 Å². The van der Waals surface area contributed by atoms with Gasteiger partial charge in [0.2, 0.25) is 11.8 Å². The molecule has 0 saturated heterocycles. The molecule has 14 heteroatoms. The predicted octanol–water partition coefficient (Wildman–Crippen LogP) is -1.52. The zero-order valence-corrected chi connectivity index (χ0v) is 12.0. The van der Waals surface area contributed by atoms with E-state index in [1.165, 1.54) is 0 Å². The summed E-state index contributed by atoms with van der Waals surface area (Å²) in [6.07, 6.45) is 0. The van der Waals surface area contributed by atoms with E-state index in [1.54, 1.807) is 10.2 Å². The molecule has 106 valence electrons. The summed E-state index contributed by atoms with van der Waals surface area (Å²) >= 11 is 11.0. The molecular weight excluding hydrogens is 329 g/mol. The molecule has 0 aliphatic carbocycles. The zero-order chi connectivity index (χ0) is 14.7. The van der Waals surface area contributed by atoms with Gasteiger partial charge in [-0.1, -0.05) is 0 Å². The fourth-order valence-electron chi connectivity index (χ4n) is 0.734. The number of amides is 2. The van der Waals surface area contributed by atoms with E-state index in [-0.39, 0.29) is 0 Å². The van der Waals surface area contributed by atoms with Gasteiger partial charge in [-0.3, -0.25) is 50.9 Å². The molecular formula is C4H12Cl2N6O4P2. The van der Waals surface area contributed by atoms with Crippen LogP contribution in [0.5, 0.6) is 0 Å². The van der Waals surface area contributed by atoms with Gasteiger partial charge in [-0.25, -0.2) is 0 Å². The number of carbonyl (C=O) groups is 2. The molecule has 0 heterocycles. The predicted molar refractivity (Wildman–Crippen MR) is 67.5 cm³/mol. The lowest BCUT2D eigenvalue weighted by atomic mass is 10.3. The second-order valence-electron chi connectivity index (χ2n) is 3.17. The van der Waals surface area contributed by atoms with E-state index in [2.05, 4.69) is 0 Å². The summed E-state index contributed by atoms with van der Waals surface area (Å²) in [7, 11) is -7.73. The van der Waals surface area contributed by atoms with Crippen molar-refractivity contribution < 1.29 is 18.7 Å². The lowest BCUT2D eigenvalue weighted by Gasteiger charge is -2.18. The number of alkyl halides is 2. The SMILES string of the molecule is NP(N)(=O)NC(=O)[C@@H](Cl)[C@@H](Cl)C(=O)NP(N)(N)=O. The van der Waals surface area contributed by atoms with E-state index in [0.29, 0.717) is 0 Å². The van der Waals surface area contributed by atoms with Crippen molar-refractivity contribution >= 4 is 50.2 Å². The largest absolute Gasteiger partial charge is 0.300 e. The highest BCUT2D eigenvalue weighted by atomic mass is 35.5. The van der Waals surface area contributed by atoms with Crippen LogP contribution in [0.3, 0.4) is 0 Å². The van der Waals surface area contributed by atoms with Gasteiger partial charge in [-0.15, -0.1) is 23.2 Å². The molecule has 2 atom stereocenters. The minimum absolute atomic E-state index is 1.14. The van der Waals surface area contributed by atoms with Gasteiger partial charge in [0.1, 0.15) is 10.8 Å². The Bertz CT molecular complexity index is 393. The first-order valence-electron chi connectivity index (χ1n) is 4.10. The topological polar surface area (TPSA) is 196 Å². The summed E-state index contributed by atoms with van der Waals surface area (Å²) in [5, 5.41) is -0.0124. The zero-order valence-electron chi connectivity index (χ0n) is 8.75. The average Bonchev–Trinajstić information content (AvgIpc) is 2.09. The van der Waals surface area contributed by atoms with Gasteiger partial charge in [-0.05, 0) is 0 Å². The fraction of sp³-hybridized carbons (Fsp3) is 0.500. The van der Waals surface area contributed by atoms with Crippen LogP contribution in [-0.4, -0.2) is 22.6 Å². The summed E-state index contributed by atoms with van der Waals surface area (Å²) < 4.78 is 21.8. The van der Waals surface area contributed by atoms with E-state index >= 15 is 0 Å². The number of carbonyl (C=O) groups excluding carboxylic acids is 2. The molecule has 0 aromatic carbocycles. The van der Waals surface area contributed by atoms with E-state index in [0.717, 1.165) is 0 Å². The molecule has 10 nitrogen and oxygen atoms in total. The standard InChI is InChI=1S/C4H12Cl2N6O4P2/c5-1(3(13)11-17(7,8)15)2(6)4(14)12-18(9,10)16/h1-2H,(H5,7,8,11,13,15)(H5,9,10,12,14,16)/t1-,2+. The molecule has 0 fully saturated rings. The summed E-state index contributed by atoms with van der Waals surface area (Å²) in [5.74, 6) is -2.27. The first-order valence-corrected chi connectivity index (χ1v) is 8.66. The number of rotatable bonds is 5. The van der Waals surface area contributed by atoms with Gasteiger partial charge >= 0.3 is 0 Å². The van der Waals surface area contributed by atoms with Crippen molar-refractivity contribution in [3.05, 3.63) is 0 Å². The fourth-order valence-corrected chi connectivity index (χ4v) is 2.19. The van der Waals surface area contributed by atoms with Crippen LogP contribution in [0.1, 0.15) is 0 Å². The van der Waals surface area contributed by atoms with Crippen LogP contribution in [0.25, 0.3) is 0 Å². The molecule has 18 heavy (non-hydrogen) atoms. The van der Waals surface area contributed by atoms with Crippen molar-refractivity contribution in [1.29, 1.82) is 0 Å². The lowest BCUT2D eigenvalue weighted by Crippen LogP contribution is -2.45. The number of hydrogen-bond donors (Lipinski definition) is 6. The quantitative estimate of drug-likeness (QED) is 0.256. The Morgan fingerprint density at radius 2 is 1.06 bits per heavy atom. The van der Waals surface area contributed by atoms with Crippen LogP contribution in [0.2, 0.25) is 0 Å². The Hall–Kier alpha value is -0.180. The van der Waals surface area contributed by atoms with Crippen LogP contribution in [-0.2, 0) is 18.7 Å². The molecule has 10 N–H and O–H groups in total. The number of hydrogen-bond acceptors (Lipinski definition) is 4. The van der Waals surface area contributed by atoms with Gasteiger partial charge < -0.3 is 0 Å². The highest BCUT2D eigenvalue weighted by molar-refractivity contribution is 7.58. The normalized spacial score (nSPS) is 15.7. The van der Waals surface area contributed by atoms with E-state index < -0.39 is 37.8 Å². The van der Waals surface area contributed by atoms with Crippen LogP contribution >= 0.6 is 38.4 Å². The maximum absolute atomic E-state index is 11.3. The van der Waals surface area contributed by atoms with Crippen LogP contribution in [0, 0.1) is 0 Å². The minimum atomic E-state index is -3.87. The molecule has 0 rings (SSSR count). The molecule has 0 aromatic heterocycles. The summed E-state index contributed by atoms with van der Waals surface area (Å²) in [4.78, 5) is 22.6. The molecule has 0 aliphatic heterocycles. The summed E-state index contributed by atoms with van der Waals surface area (Å²) in [6, 6.07) is 0. The van der Waals surface area contributed by atoms with E-state index in [1.807, 2.05) is 0 Å². The van der Waals surface area contributed by atoms with Crippen molar-refractivity contribution in [3.63, 3.8) is 0 Å². The first kappa shape index (κ1) is 17.8. The Kier molecular flexibility index (Phi) is 6.25. The molecule has 2 amide bonds. The molecule has 0 saturated carbocycles. The maximum atomic E-state index is 11.3. The minimum Gasteiger partial charge on any atom is -0.282 e. The Labute approximate surface area is 112 Å². The average molecular weight is 341 g/mol. The number of nitrogens with two attached hydrogens (primary N) is 4. The van der Waals surface area contributed by atoms with Gasteiger partial charge in [0.15, 0.2) is 0 Å². The van der Waals surface area contributed by atoms with Gasteiger partial charge in [0, 0.05) is 0 Å². The van der Waals surface area contributed by atoms with Crippen molar-refractivity contribution in [2.75, 3.05) is 0 Å². The smallest absolute Gasteiger partial charge is 0.282 e. The summed E-state index contributed by atoms with van der Waals surface area (Å²) in [5.41, 5.74) is 19.5. The van der Waals surface area contributed by atoms with E-state index in [9.17, 15) is 18.7 Å². The van der Waals surface area contributed by atoms with Gasteiger partial charge in [0.25, 0.3) is 15.2 Å². The molecule has 0 spiro atoms. The van der Waals surface area contributed by atoms with Gasteiger partial charge in [0.05, 0.1) is 0 Å². The molecule has 0 bridgehead atoms. The third-order valence-electron chi connectivity index (χ3n) is 1.33. The van der Waals surface area contributed by atoms with Crippen LogP contribution in [0.15, 0.2) is 0 Å². The molecule has 0 unspecified atom stereocenters. The Balaban J connectivity index is 4.65. The van der Waals surface area contributed by atoms with Gasteiger partial charge in [-0.2, -0.15) is 0 Å². The highest BCUT2D eigenvalue weighted by Gasteiger charge is 2.34. The number of nitrogens with one attached hydrogen (secondary N) is 2. The Morgan fingerprint density at radius 3 is 1.22 bits per heavy atom. The monoisotopic (exact) mass is 340 g/mol. The third kappa shape index (κ3) is 7.30. The second kappa shape index (κ2) is 6.31. The Morgan fingerprint density at radius 1 is 0.833 bits per heavy atom. The highest BCUT2D eigenvalue weighted by Crippen LogP contribution is 2.23. The lowest BCUT2D eigenvalue weighted by molar-refractivity contribution is -0.124. The van der Waals surface area contributed by atoms with Crippen molar-refractivity contribution in [3.8, 4) is 0 Å². The van der Waals surface area contributed by atoms with Crippen LogP contribution < -0.4 is 32.2 Å². The van der Waals surface area contributed by atoms with Crippen LogP contribution in [0.4, 0.5) is 0 Å². The molecule has 0 radical (unpaired) electrons. The molecule has 0 aromatic rings. The second-order valence-corrected chi connectivity index (χ2v) is 7.40. The third-order valence-corrected chi connectivity index (χ3v) is 3.50. The first-order chi connectivity index (χ1) is 7.83. The molecule has 0 aliphatic rings. The maximum Gasteiger partial charge on any atom is 0.300 e. The van der Waals surface area contributed by atoms with E-state index in [4.69, 9.17) is 45.2 Å². The summed E-state index contributed by atoms with van der Waals surface area (Å²) in [6.45, 7) is 0.